The molecule has 2 amide bonds. The Labute approximate surface area is 51.2 Å². The highest BCUT2D eigenvalue weighted by molar-refractivity contribution is 5.75. The first-order valence-corrected chi connectivity index (χ1v) is 2.30. The lowest BCUT2D eigenvalue weighted by atomic mass is 10.6. The van der Waals surface area contributed by atoms with Crippen molar-refractivity contribution in [3.8, 4) is 0 Å². The molecule has 47 valence electrons. The summed E-state index contributed by atoms with van der Waals surface area (Å²) in [5, 5.41) is 9.36. The van der Waals surface area contributed by atoms with Crippen LogP contribution in [0.3, 0.4) is 0 Å². The Morgan fingerprint density at radius 3 is 3.11 bits per heavy atom. The zero-order chi connectivity index (χ0) is 6.69. The van der Waals surface area contributed by atoms with Gasteiger partial charge in [-0.25, -0.2) is 4.79 Å². The average Bonchev–Trinajstić information content (AvgIpc) is 2.15. The summed E-state index contributed by atoms with van der Waals surface area (Å²) in [6, 6.07) is 0.812. The first-order valence-electron chi connectivity index (χ1n) is 2.30. The van der Waals surface area contributed by atoms with E-state index in [4.69, 9.17) is 5.73 Å². The first-order chi connectivity index (χ1) is 4.29. The van der Waals surface area contributed by atoms with Crippen molar-refractivity contribution in [2.24, 2.45) is 5.73 Å². The van der Waals surface area contributed by atoms with Gasteiger partial charge in [-0.15, -0.1) is 0 Å². The van der Waals surface area contributed by atoms with E-state index in [-0.39, 0.29) is 0 Å². The minimum Gasteiger partial charge on any atom is -0.350 e. The molecule has 1 aromatic heterocycles. The highest BCUT2D eigenvalue weighted by atomic mass is 16.2. The molecule has 5 nitrogen and oxygen atoms in total. The molecule has 0 fully saturated rings. The Hall–Kier alpha value is -1.52. The molecule has 1 rings (SSSR count). The summed E-state index contributed by atoms with van der Waals surface area (Å²) in [5.74, 6) is 0.308. The summed E-state index contributed by atoms with van der Waals surface area (Å²) in [6.45, 7) is 0. The van der Waals surface area contributed by atoms with Crippen LogP contribution in [0.2, 0.25) is 0 Å². The predicted octanol–water partition coefficient (Wildman–Crippen LogP) is -0.276. The zero-order valence-corrected chi connectivity index (χ0v) is 4.53. The van der Waals surface area contributed by atoms with Gasteiger partial charge >= 0.3 is 6.03 Å². The molecule has 1 aromatic rings. The fourth-order valence-corrected chi connectivity index (χ4v) is 0.428. The molecular formula is C4H5N4O. The molecule has 0 aliphatic heterocycles. The molecule has 0 saturated carbocycles. The third-order valence-electron chi connectivity index (χ3n) is 0.711. The van der Waals surface area contributed by atoms with Gasteiger partial charge in [0.05, 0.1) is 0 Å². The molecule has 9 heavy (non-hydrogen) atoms. The molecule has 0 aliphatic carbocycles. The smallest absolute Gasteiger partial charge is 0.340 e. The van der Waals surface area contributed by atoms with Crippen molar-refractivity contribution in [3.05, 3.63) is 12.3 Å². The maximum absolute atomic E-state index is 10.1. The van der Waals surface area contributed by atoms with Gasteiger partial charge in [-0.2, -0.15) is 10.4 Å². The van der Waals surface area contributed by atoms with E-state index in [1.54, 1.807) is 12.3 Å². The number of rotatable bonds is 1. The first kappa shape index (κ1) is 5.61. The summed E-state index contributed by atoms with van der Waals surface area (Å²) in [7, 11) is 0. The number of hydrogen-bond donors (Lipinski definition) is 2. The van der Waals surface area contributed by atoms with E-state index in [1.807, 2.05) is 0 Å². The zero-order valence-electron chi connectivity index (χ0n) is 4.53. The predicted molar refractivity (Wildman–Crippen MR) is 30.0 cm³/mol. The largest absolute Gasteiger partial charge is 0.350 e. The van der Waals surface area contributed by atoms with Crippen LogP contribution in [0.15, 0.2) is 12.3 Å². The number of aromatic amines is 1. The van der Waals surface area contributed by atoms with Gasteiger partial charge in [0.1, 0.15) is 0 Å². The number of hydrogen-bond acceptors (Lipinski definition) is 2. The topological polar surface area (TPSA) is 85.9 Å². The van der Waals surface area contributed by atoms with Gasteiger partial charge < -0.3 is 5.73 Å². The van der Waals surface area contributed by atoms with Crippen LogP contribution in [0.25, 0.3) is 0 Å². The molecule has 3 N–H and O–H groups in total. The van der Waals surface area contributed by atoms with Crippen molar-refractivity contribution >= 4 is 11.8 Å². The Bertz CT molecular complexity index is 192. The van der Waals surface area contributed by atoms with Crippen LogP contribution in [0.4, 0.5) is 10.6 Å². The average molecular weight is 125 g/mol. The van der Waals surface area contributed by atoms with Gasteiger partial charge in [0, 0.05) is 12.3 Å². The molecule has 0 bridgehead atoms. The molecule has 0 unspecified atom stereocenters. The number of primary amides is 1. The number of nitrogens with zero attached hydrogens (tertiary/aromatic N) is 2. The molecule has 1 heterocycles. The standard InChI is InChI=1S/C4H5N4O/c5-4(9)7-3-1-2-6-8-3/h1-2H,(H2,5,9)(H,6,8). The number of carbonyl (C=O) groups excluding carboxylic acids is 1. The van der Waals surface area contributed by atoms with Crippen molar-refractivity contribution in [3.63, 3.8) is 0 Å². The quantitative estimate of drug-likeness (QED) is 0.541. The monoisotopic (exact) mass is 125 g/mol. The summed E-state index contributed by atoms with van der Waals surface area (Å²) < 4.78 is 0. The van der Waals surface area contributed by atoms with Crippen LogP contribution in [0.5, 0.6) is 0 Å². The molecule has 0 aliphatic rings. The normalized spacial score (nSPS) is 8.89. The van der Waals surface area contributed by atoms with Crippen molar-refractivity contribution in [2.75, 3.05) is 0 Å². The fourth-order valence-electron chi connectivity index (χ4n) is 0.428. The maximum atomic E-state index is 10.1. The van der Waals surface area contributed by atoms with Gasteiger partial charge in [0.2, 0.25) is 0 Å². The maximum Gasteiger partial charge on any atom is 0.340 e. The second kappa shape index (κ2) is 2.17. The molecule has 0 spiro atoms. The molecule has 0 saturated heterocycles. The Balaban J connectivity index is 2.58. The summed E-state index contributed by atoms with van der Waals surface area (Å²) in [5.41, 5.74) is 4.72. The summed E-state index contributed by atoms with van der Waals surface area (Å²) >= 11 is 0. The van der Waals surface area contributed by atoms with E-state index < -0.39 is 6.03 Å². The SMILES string of the molecule is NC(=O)[N]c1cc[nH]n1. The van der Waals surface area contributed by atoms with E-state index >= 15 is 0 Å². The third-order valence-corrected chi connectivity index (χ3v) is 0.711. The number of amides is 2. The van der Waals surface area contributed by atoms with Crippen molar-refractivity contribution in [1.29, 1.82) is 0 Å². The summed E-state index contributed by atoms with van der Waals surface area (Å²) in [4.78, 5) is 10.1. The van der Waals surface area contributed by atoms with Gasteiger partial charge in [-0.3, -0.25) is 5.10 Å². The van der Waals surface area contributed by atoms with Crippen LogP contribution in [0.1, 0.15) is 0 Å². The van der Waals surface area contributed by atoms with Crippen molar-refractivity contribution < 1.29 is 4.79 Å². The van der Waals surface area contributed by atoms with E-state index in [0.29, 0.717) is 5.82 Å². The van der Waals surface area contributed by atoms with Crippen LogP contribution in [-0.4, -0.2) is 16.2 Å². The van der Waals surface area contributed by atoms with Crippen LogP contribution < -0.4 is 11.1 Å². The Morgan fingerprint density at radius 1 is 1.89 bits per heavy atom. The molecule has 5 heteroatoms. The molecule has 0 aromatic carbocycles. The number of aromatic nitrogens is 2. The highest BCUT2D eigenvalue weighted by Crippen LogP contribution is 1.96. The minimum absolute atomic E-state index is 0.308. The Morgan fingerprint density at radius 2 is 2.67 bits per heavy atom. The second-order valence-electron chi connectivity index (χ2n) is 1.38. The van der Waals surface area contributed by atoms with E-state index in [2.05, 4.69) is 15.5 Å². The van der Waals surface area contributed by atoms with Crippen LogP contribution in [-0.2, 0) is 0 Å². The number of carbonyl (C=O) groups is 1. The summed E-state index contributed by atoms with van der Waals surface area (Å²) in [6.07, 6.45) is 1.56. The number of nitrogens with one attached hydrogen (secondary N) is 1. The van der Waals surface area contributed by atoms with Crippen molar-refractivity contribution in [2.45, 2.75) is 0 Å². The van der Waals surface area contributed by atoms with Gasteiger partial charge in [0.25, 0.3) is 0 Å². The number of nitrogens with two attached hydrogens (primary N) is 1. The lowest BCUT2D eigenvalue weighted by Gasteiger charge is -1.86. The lowest BCUT2D eigenvalue weighted by Crippen LogP contribution is -2.18. The lowest BCUT2D eigenvalue weighted by molar-refractivity contribution is 0.251. The third kappa shape index (κ3) is 1.45. The van der Waals surface area contributed by atoms with Crippen LogP contribution >= 0.6 is 0 Å². The number of H-pyrrole nitrogens is 1. The van der Waals surface area contributed by atoms with Gasteiger partial charge in [-0.05, 0) is 0 Å². The number of urea groups is 1. The molecule has 0 atom stereocenters. The van der Waals surface area contributed by atoms with E-state index in [1.165, 1.54) is 0 Å². The fraction of sp³-hybridized carbons (Fsp3) is 0. The molecular weight excluding hydrogens is 120 g/mol. The second-order valence-corrected chi connectivity index (χ2v) is 1.38. The Kier molecular flexibility index (Phi) is 1.35. The van der Waals surface area contributed by atoms with Crippen LogP contribution in [0, 0.1) is 0 Å². The minimum atomic E-state index is -0.734. The van der Waals surface area contributed by atoms with Gasteiger partial charge in [-0.1, -0.05) is 0 Å². The van der Waals surface area contributed by atoms with Gasteiger partial charge in [0.15, 0.2) is 5.82 Å². The highest BCUT2D eigenvalue weighted by Gasteiger charge is 1.97. The van der Waals surface area contributed by atoms with E-state index in [0.717, 1.165) is 0 Å². The van der Waals surface area contributed by atoms with E-state index in [9.17, 15) is 4.79 Å². The van der Waals surface area contributed by atoms with Crippen molar-refractivity contribution in [1.82, 2.24) is 15.5 Å². The molecule has 1 radical (unpaired) electrons.